The Morgan fingerprint density at radius 3 is 2.19 bits per heavy atom. The van der Waals surface area contributed by atoms with E-state index >= 15 is 4.39 Å². The summed E-state index contributed by atoms with van der Waals surface area (Å²) >= 11 is 9.37. The highest BCUT2D eigenvalue weighted by molar-refractivity contribution is 8.44. The summed E-state index contributed by atoms with van der Waals surface area (Å²) in [5, 5.41) is 0. The number of fused-ring (bicyclic) bond motifs is 5. The van der Waals surface area contributed by atoms with Crippen molar-refractivity contribution in [2.24, 2.45) is 0 Å². The molecule has 3 saturated heterocycles. The number of halogens is 1. The van der Waals surface area contributed by atoms with Crippen LogP contribution in [0.2, 0.25) is 0 Å². The van der Waals surface area contributed by atoms with E-state index in [1.165, 1.54) is 34.4 Å². The Balaban J connectivity index is 1.18. The van der Waals surface area contributed by atoms with E-state index in [1.807, 2.05) is 0 Å². The third-order valence-electron chi connectivity index (χ3n) is 7.08. The van der Waals surface area contributed by atoms with Gasteiger partial charge in [-0.1, -0.05) is 12.2 Å². The molecule has 9 atom stereocenters. The molecule has 0 spiro atoms. The molecule has 3 aliphatic rings. The van der Waals surface area contributed by atoms with Crippen molar-refractivity contribution in [3.8, 4) is 0 Å². The second-order valence-corrected chi connectivity index (χ2v) is 15.5. The number of anilines is 2. The van der Waals surface area contributed by atoms with Gasteiger partial charge in [-0.25, -0.2) is 38.9 Å². The lowest BCUT2D eigenvalue weighted by molar-refractivity contribution is -0.0583. The number of alkyl halides is 1. The van der Waals surface area contributed by atoms with Crippen molar-refractivity contribution < 1.29 is 41.4 Å². The van der Waals surface area contributed by atoms with Crippen molar-refractivity contribution in [1.82, 2.24) is 39.0 Å². The fraction of sp³-hybridized carbons (Fsp3) is 0.500. The molecule has 0 amide bonds. The Bertz CT molecular complexity index is 1800. The van der Waals surface area contributed by atoms with Crippen LogP contribution in [-0.2, 0) is 43.9 Å². The van der Waals surface area contributed by atoms with Crippen LogP contribution in [0.3, 0.4) is 0 Å². The van der Waals surface area contributed by atoms with Gasteiger partial charge in [-0.2, -0.15) is 0 Å². The Hall–Kier alpha value is -2.42. The van der Waals surface area contributed by atoms with Crippen LogP contribution in [0.25, 0.3) is 22.3 Å². The normalized spacial score (nSPS) is 37.1. The highest BCUT2D eigenvalue weighted by atomic mass is 32.7. The lowest BCUT2D eigenvalue weighted by Crippen LogP contribution is -2.34. The minimum Gasteiger partial charge on any atom is -0.382 e. The summed E-state index contributed by atoms with van der Waals surface area (Å²) in [6, 6.07) is 0. The number of hydrogen-bond acceptors (Lipinski definition) is 16. The summed E-state index contributed by atoms with van der Waals surface area (Å²) in [6.07, 6.45) is -3.40. The third-order valence-corrected chi connectivity index (χ3v) is 10.3. The van der Waals surface area contributed by atoms with Crippen LogP contribution < -0.4 is 11.5 Å². The van der Waals surface area contributed by atoms with E-state index in [9.17, 15) is 9.46 Å². The maximum atomic E-state index is 16.0. The van der Waals surface area contributed by atoms with Gasteiger partial charge in [0.1, 0.15) is 42.0 Å². The van der Waals surface area contributed by atoms with Crippen LogP contribution in [0.4, 0.5) is 16.0 Å². The average Bonchev–Trinajstić information content (AvgIpc) is 3.72. The van der Waals surface area contributed by atoms with Crippen LogP contribution in [0.5, 0.6) is 0 Å². The number of nitrogens with zero attached hydrogens (tertiary/aromatic N) is 8. The quantitative estimate of drug-likeness (QED) is 0.174. The maximum Gasteiger partial charge on any atom is 0.386 e. The first-order chi connectivity index (χ1) is 20.5. The van der Waals surface area contributed by atoms with Gasteiger partial charge in [0, 0.05) is 6.42 Å². The van der Waals surface area contributed by atoms with Gasteiger partial charge in [0.15, 0.2) is 41.6 Å². The topological polar surface area (TPSA) is 232 Å². The zero-order chi connectivity index (χ0) is 30.1. The van der Waals surface area contributed by atoms with Crippen molar-refractivity contribution in [2.45, 2.75) is 49.5 Å². The van der Waals surface area contributed by atoms with Gasteiger partial charge in [0.05, 0.1) is 32.0 Å². The van der Waals surface area contributed by atoms with Crippen LogP contribution in [0, 0.1) is 0 Å². The van der Waals surface area contributed by atoms with Crippen LogP contribution >= 0.6 is 25.8 Å². The van der Waals surface area contributed by atoms with Gasteiger partial charge < -0.3 is 34.9 Å². The lowest BCUT2D eigenvalue weighted by Gasteiger charge is -2.27. The highest BCUT2D eigenvalue weighted by Crippen LogP contribution is 2.58. The summed E-state index contributed by atoms with van der Waals surface area (Å²) in [5.41, 5.74) is 12.9. The van der Waals surface area contributed by atoms with Gasteiger partial charge in [-0.3, -0.25) is 18.2 Å². The summed E-state index contributed by atoms with van der Waals surface area (Å²) < 4.78 is 66.7. The molecule has 0 aromatic carbocycles. The molecule has 3 unspecified atom stereocenters. The van der Waals surface area contributed by atoms with Crippen molar-refractivity contribution in [1.29, 1.82) is 0 Å². The first-order valence-corrected chi connectivity index (χ1v) is 17.9. The molecule has 0 radical (unpaired) electrons. The number of rotatable bonds is 2. The second-order valence-electron chi connectivity index (χ2n) is 9.80. The number of ether oxygens (including phenoxy) is 2. The fourth-order valence-electron chi connectivity index (χ4n) is 5.18. The minimum absolute atomic E-state index is 0.0837. The van der Waals surface area contributed by atoms with E-state index in [4.69, 9.17) is 50.8 Å². The van der Waals surface area contributed by atoms with Gasteiger partial charge in [-0.05, 0) is 11.8 Å². The van der Waals surface area contributed by atoms with Crippen molar-refractivity contribution in [2.75, 3.05) is 24.7 Å². The van der Waals surface area contributed by atoms with Crippen LogP contribution in [0.1, 0.15) is 18.9 Å². The second kappa shape index (κ2) is 10.9. The molecule has 4 aromatic rings. The van der Waals surface area contributed by atoms with Gasteiger partial charge in [0.2, 0.25) is 0 Å². The molecular weight excluding hydrogens is 653 g/mol. The molecule has 43 heavy (non-hydrogen) atoms. The Labute approximate surface area is 251 Å². The van der Waals surface area contributed by atoms with E-state index in [0.29, 0.717) is 11.2 Å². The first kappa shape index (κ1) is 29.3. The van der Waals surface area contributed by atoms with Crippen LogP contribution in [-0.4, -0.2) is 87.7 Å². The monoisotopic (exact) mass is 676 g/mol. The van der Waals surface area contributed by atoms with E-state index in [2.05, 4.69) is 42.2 Å². The average molecular weight is 677 g/mol. The van der Waals surface area contributed by atoms with E-state index in [1.54, 1.807) is 0 Å². The molecule has 7 heterocycles. The zero-order valence-corrected chi connectivity index (χ0v) is 25.1. The minimum atomic E-state index is -4.22. The molecule has 23 heteroatoms. The Morgan fingerprint density at radius 2 is 1.53 bits per heavy atom. The standard InChI is InChI=1S/C20H23FN10O8P2S2/c21-11-14-10(37-20(11)31-7-29-13-16(23)25-5-27-18(13)31)3-35-40(32,42)38-9-1-8(2-34-41(33,43)39-14)36-19(9)30-6-28-12-15(22)24-4-26-17(12)30/h4-11,14,19-20H,1-3H2,(H,32,42)(H,33,43)(H2,22,24,26)(H2,23,25,27)/t8?,9-,10-,11-,14-,19-,20-,40?,41?/m1/s1. The molecule has 0 saturated carbocycles. The summed E-state index contributed by atoms with van der Waals surface area (Å²) in [7, 11) is 0. The highest BCUT2D eigenvalue weighted by Gasteiger charge is 2.52. The Morgan fingerprint density at radius 1 is 0.907 bits per heavy atom. The number of imidazole rings is 2. The molecule has 3 aliphatic heterocycles. The number of aromatic nitrogens is 8. The molecule has 18 nitrogen and oxygen atoms in total. The predicted molar refractivity (Wildman–Crippen MR) is 152 cm³/mol. The molecule has 7 rings (SSSR count). The number of nitrogen functional groups attached to an aromatic ring is 2. The summed E-state index contributed by atoms with van der Waals surface area (Å²) in [5.74, 6) is 0.237. The van der Waals surface area contributed by atoms with Crippen molar-refractivity contribution >= 4 is 71.5 Å². The zero-order valence-electron chi connectivity index (χ0n) is 21.6. The molecule has 4 aromatic heterocycles. The number of hydrogen-bond donors (Lipinski definition) is 4. The maximum absolute atomic E-state index is 16.0. The third kappa shape index (κ3) is 5.42. The largest absolute Gasteiger partial charge is 0.386 e. The Kier molecular flexibility index (Phi) is 7.41. The molecule has 230 valence electrons. The van der Waals surface area contributed by atoms with E-state index in [-0.39, 0.29) is 35.8 Å². The molecule has 0 aliphatic carbocycles. The lowest BCUT2D eigenvalue weighted by atomic mass is 10.1. The smallest absolute Gasteiger partial charge is 0.382 e. The number of thiol groups is 1. The van der Waals surface area contributed by atoms with Gasteiger partial charge in [0.25, 0.3) is 0 Å². The fourth-order valence-corrected chi connectivity index (χ4v) is 8.13. The first-order valence-electron chi connectivity index (χ1n) is 12.6. The van der Waals surface area contributed by atoms with Gasteiger partial charge >= 0.3 is 13.5 Å². The van der Waals surface area contributed by atoms with Crippen molar-refractivity contribution in [3.63, 3.8) is 0 Å². The summed E-state index contributed by atoms with van der Waals surface area (Å²) in [6.45, 7) is -9.03. The van der Waals surface area contributed by atoms with Crippen molar-refractivity contribution in [3.05, 3.63) is 25.3 Å². The van der Waals surface area contributed by atoms with E-state index < -0.39 is 63.2 Å². The number of nitrogens with two attached hydrogens (primary N) is 2. The molecule has 2 bridgehead atoms. The molecule has 5 N–H and O–H groups in total. The SMILES string of the molecule is Nc1ncnc2c1ncn2[C@@H]1O[C@@H]2COP(O)(=S)O[C@@H]3CC(COP(=O)(S)O[C@H]2[C@H]1F)O[C@H]3n1cnc2c(N)ncnc21. The predicted octanol–water partition coefficient (Wildman–Crippen LogP) is 1.43. The summed E-state index contributed by atoms with van der Waals surface area (Å²) in [4.78, 5) is 35.6. The van der Waals surface area contributed by atoms with Crippen LogP contribution in [0.15, 0.2) is 25.3 Å². The van der Waals surface area contributed by atoms with Gasteiger partial charge in [-0.15, -0.1) is 0 Å². The molecule has 3 fully saturated rings. The molecular formula is C20H23FN10O8P2S2. The van der Waals surface area contributed by atoms with E-state index in [0.717, 1.165) is 0 Å².